The van der Waals surface area contributed by atoms with Crippen molar-refractivity contribution in [2.45, 2.75) is 0 Å². The summed E-state index contributed by atoms with van der Waals surface area (Å²) in [5.41, 5.74) is 2.97. The number of H-pyrrole nitrogens is 1. The van der Waals surface area contributed by atoms with Gasteiger partial charge < -0.3 is 10.3 Å². The van der Waals surface area contributed by atoms with E-state index in [1.54, 1.807) is 19.4 Å². The van der Waals surface area contributed by atoms with E-state index < -0.39 is 0 Å². The highest BCUT2D eigenvalue weighted by Gasteiger charge is 2.07. The summed E-state index contributed by atoms with van der Waals surface area (Å²) in [5, 5.41) is 11.9. The molecule has 0 radical (unpaired) electrons. The molecule has 2 aromatic heterocycles. The zero-order valence-corrected chi connectivity index (χ0v) is 10.2. The number of hydrogen-bond acceptors (Lipinski definition) is 5. The third-order valence-electron chi connectivity index (χ3n) is 2.78. The lowest BCUT2D eigenvalue weighted by molar-refractivity contribution is 1.14. The van der Waals surface area contributed by atoms with Crippen LogP contribution in [0.1, 0.15) is 5.69 Å². The number of aromatic nitrogens is 4. The van der Waals surface area contributed by atoms with Crippen molar-refractivity contribution in [3.8, 4) is 17.5 Å². The van der Waals surface area contributed by atoms with Gasteiger partial charge in [-0.25, -0.2) is 15.0 Å². The van der Waals surface area contributed by atoms with Crippen LogP contribution < -0.4 is 5.32 Å². The Balaban J connectivity index is 2.17. The van der Waals surface area contributed by atoms with Crippen molar-refractivity contribution in [2.75, 3.05) is 12.4 Å². The Labute approximate surface area is 109 Å². The molecule has 6 heteroatoms. The fourth-order valence-corrected chi connectivity index (χ4v) is 1.84. The first-order valence-electron chi connectivity index (χ1n) is 5.70. The van der Waals surface area contributed by atoms with E-state index in [-0.39, 0.29) is 0 Å². The molecule has 6 nitrogen and oxygen atoms in total. The van der Waals surface area contributed by atoms with Crippen LogP contribution in [0.2, 0.25) is 0 Å². The molecule has 3 aromatic rings. The quantitative estimate of drug-likeness (QED) is 0.725. The summed E-state index contributed by atoms with van der Waals surface area (Å²) in [6.45, 7) is 0. The van der Waals surface area contributed by atoms with Gasteiger partial charge >= 0.3 is 0 Å². The number of nitrogens with one attached hydrogen (secondary N) is 2. The van der Waals surface area contributed by atoms with E-state index in [2.05, 4.69) is 25.3 Å². The standard InChI is InChI=1S/C13H10N6/c1-15-12-5-9(6-14)18-13(19-12)8-2-3-10-11(4-8)17-7-16-10/h2-5,7H,1H3,(H,16,17)(H,15,18,19). The summed E-state index contributed by atoms with van der Waals surface area (Å²) in [5.74, 6) is 1.13. The van der Waals surface area contributed by atoms with Gasteiger partial charge in [-0.15, -0.1) is 0 Å². The predicted molar refractivity (Wildman–Crippen MR) is 71.4 cm³/mol. The van der Waals surface area contributed by atoms with Crippen molar-refractivity contribution in [1.29, 1.82) is 5.26 Å². The van der Waals surface area contributed by atoms with E-state index in [1.165, 1.54) is 0 Å². The molecule has 92 valence electrons. The zero-order chi connectivity index (χ0) is 13.2. The molecule has 3 rings (SSSR count). The molecule has 0 aliphatic carbocycles. The molecule has 0 saturated heterocycles. The minimum atomic E-state index is 0.332. The average Bonchev–Trinajstić information content (AvgIpc) is 2.94. The minimum Gasteiger partial charge on any atom is -0.373 e. The molecule has 0 unspecified atom stereocenters. The molecule has 0 spiro atoms. The fourth-order valence-electron chi connectivity index (χ4n) is 1.84. The van der Waals surface area contributed by atoms with Crippen molar-refractivity contribution < 1.29 is 0 Å². The number of rotatable bonds is 2. The van der Waals surface area contributed by atoms with Crippen LogP contribution in [0.4, 0.5) is 5.82 Å². The van der Waals surface area contributed by atoms with Crippen LogP contribution in [0.15, 0.2) is 30.6 Å². The van der Waals surface area contributed by atoms with Crippen molar-refractivity contribution in [3.05, 3.63) is 36.3 Å². The van der Waals surface area contributed by atoms with Crippen molar-refractivity contribution in [2.24, 2.45) is 0 Å². The average molecular weight is 250 g/mol. The maximum absolute atomic E-state index is 8.98. The summed E-state index contributed by atoms with van der Waals surface area (Å²) < 4.78 is 0. The largest absolute Gasteiger partial charge is 0.373 e. The first-order valence-corrected chi connectivity index (χ1v) is 5.70. The summed E-state index contributed by atoms with van der Waals surface area (Å²) in [4.78, 5) is 15.8. The Morgan fingerprint density at radius 3 is 2.95 bits per heavy atom. The van der Waals surface area contributed by atoms with E-state index in [0.29, 0.717) is 17.3 Å². The van der Waals surface area contributed by atoms with Gasteiger partial charge in [-0.1, -0.05) is 0 Å². The predicted octanol–water partition coefficient (Wildman–Crippen LogP) is 1.93. The van der Waals surface area contributed by atoms with E-state index in [4.69, 9.17) is 5.26 Å². The van der Waals surface area contributed by atoms with E-state index in [0.717, 1.165) is 16.6 Å². The van der Waals surface area contributed by atoms with Crippen LogP contribution >= 0.6 is 0 Å². The highest BCUT2D eigenvalue weighted by molar-refractivity contribution is 5.80. The Morgan fingerprint density at radius 1 is 1.26 bits per heavy atom. The number of nitrogens with zero attached hydrogens (tertiary/aromatic N) is 4. The number of anilines is 1. The van der Waals surface area contributed by atoms with Gasteiger partial charge in [0.2, 0.25) is 0 Å². The Hall–Kier alpha value is -2.94. The second kappa shape index (κ2) is 4.38. The van der Waals surface area contributed by atoms with E-state index >= 15 is 0 Å². The summed E-state index contributed by atoms with van der Waals surface area (Å²) in [6.07, 6.45) is 1.64. The SMILES string of the molecule is CNc1cc(C#N)nc(-c2ccc3nc[nH]c3c2)n1. The van der Waals surface area contributed by atoms with Gasteiger partial charge in [0, 0.05) is 18.7 Å². The molecule has 19 heavy (non-hydrogen) atoms. The minimum absolute atomic E-state index is 0.332. The first-order chi connectivity index (χ1) is 9.30. The Morgan fingerprint density at radius 2 is 2.16 bits per heavy atom. The lowest BCUT2D eigenvalue weighted by atomic mass is 10.2. The van der Waals surface area contributed by atoms with Gasteiger partial charge in [-0.2, -0.15) is 5.26 Å². The topological polar surface area (TPSA) is 90.3 Å². The molecule has 0 saturated carbocycles. The third kappa shape index (κ3) is 1.98. The monoisotopic (exact) mass is 250 g/mol. The number of aromatic amines is 1. The van der Waals surface area contributed by atoms with Gasteiger partial charge in [-0.05, 0) is 18.2 Å². The molecule has 0 aliphatic heterocycles. The molecule has 2 heterocycles. The number of fused-ring (bicyclic) bond motifs is 1. The van der Waals surface area contributed by atoms with Crippen LogP contribution in [0.25, 0.3) is 22.4 Å². The van der Waals surface area contributed by atoms with Crippen molar-refractivity contribution in [3.63, 3.8) is 0 Å². The smallest absolute Gasteiger partial charge is 0.163 e. The normalized spacial score (nSPS) is 10.3. The van der Waals surface area contributed by atoms with Gasteiger partial charge in [0.25, 0.3) is 0 Å². The van der Waals surface area contributed by atoms with Crippen molar-refractivity contribution in [1.82, 2.24) is 19.9 Å². The lowest BCUT2D eigenvalue weighted by Crippen LogP contribution is -1.98. The highest BCUT2D eigenvalue weighted by Crippen LogP contribution is 2.21. The second-order valence-corrected chi connectivity index (χ2v) is 3.96. The Kier molecular flexibility index (Phi) is 2.58. The molecule has 0 fully saturated rings. The molecule has 0 bridgehead atoms. The summed E-state index contributed by atoms with van der Waals surface area (Å²) >= 11 is 0. The first kappa shape index (κ1) is 11.2. The Bertz CT molecular complexity index is 783. The molecule has 1 aromatic carbocycles. The van der Waals surface area contributed by atoms with Crippen molar-refractivity contribution >= 4 is 16.9 Å². The number of benzene rings is 1. The molecular formula is C13H10N6. The number of imidazole rings is 1. The summed E-state index contributed by atoms with van der Waals surface area (Å²) in [7, 11) is 1.76. The fraction of sp³-hybridized carbons (Fsp3) is 0.0769. The van der Waals surface area contributed by atoms with Gasteiger partial charge in [-0.3, -0.25) is 0 Å². The van der Waals surface area contributed by atoms with Gasteiger partial charge in [0.1, 0.15) is 17.6 Å². The van der Waals surface area contributed by atoms with Crippen LogP contribution in [-0.4, -0.2) is 27.0 Å². The molecule has 2 N–H and O–H groups in total. The third-order valence-corrected chi connectivity index (χ3v) is 2.78. The molecular weight excluding hydrogens is 240 g/mol. The second-order valence-electron chi connectivity index (χ2n) is 3.96. The maximum Gasteiger partial charge on any atom is 0.163 e. The van der Waals surface area contributed by atoms with Crippen LogP contribution in [0, 0.1) is 11.3 Å². The van der Waals surface area contributed by atoms with E-state index in [1.807, 2.05) is 24.3 Å². The maximum atomic E-state index is 8.98. The molecule has 0 amide bonds. The lowest BCUT2D eigenvalue weighted by Gasteiger charge is -2.04. The number of nitriles is 1. The highest BCUT2D eigenvalue weighted by atomic mass is 15.0. The van der Waals surface area contributed by atoms with Crippen LogP contribution in [0.3, 0.4) is 0 Å². The van der Waals surface area contributed by atoms with E-state index in [9.17, 15) is 0 Å². The number of hydrogen-bond donors (Lipinski definition) is 2. The van der Waals surface area contributed by atoms with Gasteiger partial charge in [0.05, 0.1) is 17.4 Å². The zero-order valence-electron chi connectivity index (χ0n) is 10.2. The van der Waals surface area contributed by atoms with Crippen LogP contribution in [0.5, 0.6) is 0 Å². The molecule has 0 aliphatic rings. The van der Waals surface area contributed by atoms with Gasteiger partial charge in [0.15, 0.2) is 5.82 Å². The van der Waals surface area contributed by atoms with Crippen LogP contribution in [-0.2, 0) is 0 Å². The summed E-state index contributed by atoms with van der Waals surface area (Å²) in [6, 6.07) is 9.34. The molecule has 0 atom stereocenters.